The van der Waals surface area contributed by atoms with Crippen LogP contribution in [0.15, 0.2) is 23.8 Å². The maximum absolute atomic E-state index is 5.20. The van der Waals surface area contributed by atoms with E-state index in [0.29, 0.717) is 0 Å². The average molecular weight is 292 g/mol. The summed E-state index contributed by atoms with van der Waals surface area (Å²) in [6.45, 7) is 5.15. The summed E-state index contributed by atoms with van der Waals surface area (Å²) in [6, 6.07) is 5.38. The zero-order chi connectivity index (χ0) is 13.8. The van der Waals surface area contributed by atoms with E-state index in [0.717, 1.165) is 45.2 Å². The number of rotatable bonds is 7. The van der Waals surface area contributed by atoms with Crippen LogP contribution in [0.3, 0.4) is 0 Å². The summed E-state index contributed by atoms with van der Waals surface area (Å²) in [4.78, 5) is 5.48. The quantitative estimate of drug-likeness (QED) is 0.782. The molecule has 1 aliphatic heterocycles. The van der Waals surface area contributed by atoms with Crippen molar-refractivity contribution in [1.82, 2.24) is 10.2 Å². The predicted octanol–water partition coefficient (Wildman–Crippen LogP) is 2.78. The lowest BCUT2D eigenvalue weighted by molar-refractivity contribution is 0.210. The van der Waals surface area contributed by atoms with Crippen LogP contribution in [0.5, 0.6) is 0 Å². The largest absolute Gasteiger partial charge is 0.380 e. The van der Waals surface area contributed by atoms with Crippen LogP contribution in [0.4, 0.5) is 0 Å². The van der Waals surface area contributed by atoms with Crippen molar-refractivity contribution < 1.29 is 4.74 Å². The second kappa shape index (κ2) is 6.85. The van der Waals surface area contributed by atoms with E-state index in [1.54, 1.807) is 7.11 Å². The topological polar surface area (TPSA) is 24.5 Å². The molecule has 1 aromatic heterocycles. The first-order valence-corrected chi connectivity index (χ1v) is 8.35. The normalized spacial score (nSPS) is 20.1. The molecule has 1 N–H and O–H groups in total. The molecular formula is C16H24N2OS. The molecule has 3 rings (SSSR count). The van der Waals surface area contributed by atoms with E-state index in [-0.39, 0.29) is 0 Å². The third-order valence-electron chi connectivity index (χ3n) is 3.96. The third kappa shape index (κ3) is 4.16. The van der Waals surface area contributed by atoms with Crippen LogP contribution in [0.1, 0.15) is 29.0 Å². The molecule has 1 fully saturated rings. The summed E-state index contributed by atoms with van der Waals surface area (Å²) < 4.78 is 5.20. The Morgan fingerprint density at radius 2 is 2.20 bits per heavy atom. The van der Waals surface area contributed by atoms with E-state index in [4.69, 9.17) is 4.74 Å². The fourth-order valence-electron chi connectivity index (χ4n) is 2.57. The van der Waals surface area contributed by atoms with Crippen molar-refractivity contribution in [2.24, 2.45) is 0 Å². The minimum Gasteiger partial charge on any atom is -0.380 e. The molecule has 0 bridgehead atoms. The molecular weight excluding hydrogens is 268 g/mol. The van der Waals surface area contributed by atoms with Gasteiger partial charge in [-0.2, -0.15) is 0 Å². The van der Waals surface area contributed by atoms with Gasteiger partial charge in [-0.3, -0.25) is 4.90 Å². The maximum Gasteiger partial charge on any atom is 0.0673 e. The van der Waals surface area contributed by atoms with E-state index in [1.807, 2.05) is 11.3 Å². The van der Waals surface area contributed by atoms with Gasteiger partial charge in [0.25, 0.3) is 0 Å². The number of thiophene rings is 1. The van der Waals surface area contributed by atoms with E-state index >= 15 is 0 Å². The Kier molecular flexibility index (Phi) is 4.89. The Morgan fingerprint density at radius 3 is 2.90 bits per heavy atom. The molecule has 0 saturated heterocycles. The van der Waals surface area contributed by atoms with Crippen LogP contribution in [-0.2, 0) is 17.8 Å². The van der Waals surface area contributed by atoms with Gasteiger partial charge in [-0.1, -0.05) is 6.08 Å². The van der Waals surface area contributed by atoms with Crippen molar-refractivity contribution in [3.05, 3.63) is 33.5 Å². The van der Waals surface area contributed by atoms with Gasteiger partial charge in [0.05, 0.1) is 6.61 Å². The molecule has 0 atom stereocenters. The number of hydrogen-bond acceptors (Lipinski definition) is 4. The highest BCUT2D eigenvalue weighted by Crippen LogP contribution is 2.23. The fourth-order valence-corrected chi connectivity index (χ4v) is 3.58. The first-order valence-electron chi connectivity index (χ1n) is 7.53. The summed E-state index contributed by atoms with van der Waals surface area (Å²) in [5.41, 5.74) is 1.45. The minimum absolute atomic E-state index is 0.795. The summed E-state index contributed by atoms with van der Waals surface area (Å²) >= 11 is 1.96. The Morgan fingerprint density at radius 1 is 1.35 bits per heavy atom. The van der Waals surface area contributed by atoms with Gasteiger partial charge >= 0.3 is 0 Å². The van der Waals surface area contributed by atoms with Crippen molar-refractivity contribution in [1.29, 1.82) is 0 Å². The second-order valence-electron chi connectivity index (χ2n) is 5.80. The average Bonchev–Trinajstić information content (AvgIpc) is 3.19. The molecule has 1 aromatic rings. The lowest BCUT2D eigenvalue weighted by atomic mass is 10.1. The zero-order valence-corrected chi connectivity index (χ0v) is 13.0. The SMILES string of the molecule is COCC1=CCN(Cc2ccc(CNC3CC3)s2)CC1. The number of ether oxygens (including phenoxy) is 1. The molecule has 0 aromatic carbocycles. The maximum atomic E-state index is 5.20. The summed E-state index contributed by atoms with van der Waals surface area (Å²) in [5.74, 6) is 0. The van der Waals surface area contributed by atoms with E-state index in [9.17, 15) is 0 Å². The highest BCUT2D eigenvalue weighted by molar-refractivity contribution is 7.11. The van der Waals surface area contributed by atoms with Crippen molar-refractivity contribution >= 4 is 11.3 Å². The smallest absolute Gasteiger partial charge is 0.0673 e. The van der Waals surface area contributed by atoms with Crippen LogP contribution in [0.25, 0.3) is 0 Å². The molecule has 0 amide bonds. The van der Waals surface area contributed by atoms with Crippen LogP contribution in [0.2, 0.25) is 0 Å². The summed E-state index contributed by atoms with van der Waals surface area (Å²) in [6.07, 6.45) is 6.20. The molecule has 110 valence electrons. The lowest BCUT2D eigenvalue weighted by Gasteiger charge is -2.25. The predicted molar refractivity (Wildman–Crippen MR) is 84.0 cm³/mol. The van der Waals surface area contributed by atoms with Crippen molar-refractivity contribution in [3.8, 4) is 0 Å². The third-order valence-corrected chi connectivity index (χ3v) is 5.03. The van der Waals surface area contributed by atoms with E-state index in [2.05, 4.69) is 28.4 Å². The van der Waals surface area contributed by atoms with Gasteiger partial charge in [0, 0.05) is 49.1 Å². The van der Waals surface area contributed by atoms with Crippen molar-refractivity contribution in [2.75, 3.05) is 26.8 Å². The van der Waals surface area contributed by atoms with Crippen LogP contribution >= 0.6 is 11.3 Å². The Labute approximate surface area is 125 Å². The van der Waals surface area contributed by atoms with Gasteiger partial charge in [-0.15, -0.1) is 11.3 Å². The molecule has 1 aliphatic carbocycles. The second-order valence-corrected chi connectivity index (χ2v) is 7.06. The van der Waals surface area contributed by atoms with Gasteiger partial charge in [0.1, 0.15) is 0 Å². The fraction of sp³-hybridized carbons (Fsp3) is 0.625. The van der Waals surface area contributed by atoms with E-state index < -0.39 is 0 Å². The minimum atomic E-state index is 0.795. The van der Waals surface area contributed by atoms with Gasteiger partial charge in [-0.05, 0) is 37.0 Å². The zero-order valence-electron chi connectivity index (χ0n) is 12.2. The van der Waals surface area contributed by atoms with E-state index in [1.165, 1.54) is 28.2 Å². The molecule has 1 saturated carbocycles. The van der Waals surface area contributed by atoms with Crippen LogP contribution in [0, 0.1) is 0 Å². The summed E-state index contributed by atoms with van der Waals surface area (Å²) in [5, 5.41) is 3.58. The van der Waals surface area contributed by atoms with Gasteiger partial charge in [0.2, 0.25) is 0 Å². The first-order chi connectivity index (χ1) is 9.83. The number of hydrogen-bond donors (Lipinski definition) is 1. The van der Waals surface area contributed by atoms with Crippen LogP contribution < -0.4 is 5.32 Å². The number of nitrogens with one attached hydrogen (secondary N) is 1. The molecule has 2 heterocycles. The van der Waals surface area contributed by atoms with Gasteiger partial charge in [-0.25, -0.2) is 0 Å². The summed E-state index contributed by atoms with van der Waals surface area (Å²) in [7, 11) is 1.77. The molecule has 3 nitrogen and oxygen atoms in total. The van der Waals surface area contributed by atoms with Crippen LogP contribution in [-0.4, -0.2) is 37.7 Å². The molecule has 0 spiro atoms. The number of methoxy groups -OCH3 is 1. The highest BCUT2D eigenvalue weighted by atomic mass is 32.1. The molecule has 2 aliphatic rings. The van der Waals surface area contributed by atoms with Crippen molar-refractivity contribution in [3.63, 3.8) is 0 Å². The van der Waals surface area contributed by atoms with Gasteiger partial charge < -0.3 is 10.1 Å². The molecule has 0 unspecified atom stereocenters. The van der Waals surface area contributed by atoms with Crippen molar-refractivity contribution in [2.45, 2.75) is 38.4 Å². The first kappa shape index (κ1) is 14.3. The molecule has 4 heteroatoms. The molecule has 20 heavy (non-hydrogen) atoms. The van der Waals surface area contributed by atoms with Gasteiger partial charge in [0.15, 0.2) is 0 Å². The standard InChI is InChI=1S/C16H24N2OS/c1-19-12-13-6-8-18(9-7-13)11-16-5-4-15(20-16)10-17-14-2-3-14/h4-6,14,17H,2-3,7-12H2,1H3. The highest BCUT2D eigenvalue weighted by Gasteiger charge is 2.20. The monoisotopic (exact) mass is 292 g/mol. The number of nitrogens with zero attached hydrogens (tertiary/aromatic N) is 1. The Balaban J connectivity index is 1.45. The Bertz CT molecular complexity index is 465. The lowest BCUT2D eigenvalue weighted by Crippen LogP contribution is -2.28. The molecule has 0 radical (unpaired) electrons. The Hall–Kier alpha value is -0.680.